The Balaban J connectivity index is 1.41. The first-order valence-electron chi connectivity index (χ1n) is 12.5. The van der Waals surface area contributed by atoms with E-state index in [4.69, 9.17) is 27.2 Å². The van der Waals surface area contributed by atoms with E-state index in [0.29, 0.717) is 32.7 Å². The number of rotatable bonds is 10. The van der Waals surface area contributed by atoms with Crippen LogP contribution in [0.1, 0.15) is 24.0 Å². The quantitative estimate of drug-likeness (QED) is 0.175. The van der Waals surface area contributed by atoms with Crippen LogP contribution in [0.4, 0.5) is 4.39 Å². The van der Waals surface area contributed by atoms with E-state index < -0.39 is 5.97 Å². The average molecular weight is 574 g/mol. The summed E-state index contributed by atoms with van der Waals surface area (Å²) in [5, 5.41) is 13.7. The van der Waals surface area contributed by atoms with Crippen LogP contribution in [0.5, 0.6) is 5.75 Å². The first kappa shape index (κ1) is 27.3. The topological polar surface area (TPSA) is 84.7 Å². The molecule has 1 fully saturated rings. The van der Waals surface area contributed by atoms with Gasteiger partial charge in [-0.25, -0.2) is 9.07 Å². The van der Waals surface area contributed by atoms with Gasteiger partial charge in [0.1, 0.15) is 22.5 Å². The molecule has 10 heteroatoms. The predicted octanol–water partition coefficient (Wildman–Crippen LogP) is 6.32. The van der Waals surface area contributed by atoms with E-state index in [0.717, 1.165) is 16.8 Å². The average Bonchev–Trinajstić information content (AvgIpc) is 3.49. The number of aromatic nitrogens is 2. The van der Waals surface area contributed by atoms with Gasteiger partial charge in [-0.1, -0.05) is 60.4 Å². The van der Waals surface area contributed by atoms with Crippen molar-refractivity contribution in [2.75, 3.05) is 6.54 Å². The minimum atomic E-state index is -0.914. The van der Waals surface area contributed by atoms with Gasteiger partial charge >= 0.3 is 5.97 Å². The van der Waals surface area contributed by atoms with E-state index in [1.807, 2.05) is 48.7 Å². The molecule has 4 aromatic rings. The van der Waals surface area contributed by atoms with Gasteiger partial charge in [-0.05, 0) is 55.0 Å². The molecule has 0 saturated carbocycles. The van der Waals surface area contributed by atoms with Crippen LogP contribution in [0.15, 0.2) is 90.0 Å². The maximum absolute atomic E-state index is 13.9. The Morgan fingerprint density at radius 3 is 2.50 bits per heavy atom. The smallest absolute Gasteiger partial charge is 0.303 e. The molecule has 3 aromatic carbocycles. The number of benzene rings is 3. The Hall–Kier alpha value is -4.28. The summed E-state index contributed by atoms with van der Waals surface area (Å²) in [5.74, 6) is -0.904. The van der Waals surface area contributed by atoms with Gasteiger partial charge in [-0.3, -0.25) is 14.5 Å². The van der Waals surface area contributed by atoms with Gasteiger partial charge < -0.3 is 9.84 Å². The summed E-state index contributed by atoms with van der Waals surface area (Å²) >= 11 is 6.59. The first-order chi connectivity index (χ1) is 19.4. The highest BCUT2D eigenvalue weighted by Crippen LogP contribution is 2.35. The number of amides is 1. The number of carboxylic acids is 1. The molecule has 2 heterocycles. The van der Waals surface area contributed by atoms with Gasteiger partial charge in [0.05, 0.1) is 16.3 Å². The summed E-state index contributed by atoms with van der Waals surface area (Å²) in [5.41, 5.74) is 3.50. The lowest BCUT2D eigenvalue weighted by atomic mass is 10.1. The molecule has 1 N–H and O–H groups in total. The molecule has 0 radical (unpaired) electrons. The fourth-order valence-electron chi connectivity index (χ4n) is 4.14. The molecule has 0 aliphatic carbocycles. The number of thioether (sulfide) groups is 1. The first-order valence-corrected chi connectivity index (χ1v) is 13.7. The van der Waals surface area contributed by atoms with Crippen molar-refractivity contribution in [2.24, 2.45) is 0 Å². The summed E-state index contributed by atoms with van der Waals surface area (Å²) in [6.07, 6.45) is 3.90. The molecule has 1 aliphatic rings. The number of carbonyl (C=O) groups excluding carboxylic acids is 1. The molecule has 0 spiro atoms. The third-order valence-corrected chi connectivity index (χ3v) is 7.55. The van der Waals surface area contributed by atoms with Crippen LogP contribution in [0, 0.1) is 5.82 Å². The van der Waals surface area contributed by atoms with Crippen LogP contribution in [0.25, 0.3) is 23.0 Å². The molecule has 202 valence electrons. The molecule has 0 atom stereocenters. The van der Waals surface area contributed by atoms with Crippen molar-refractivity contribution < 1.29 is 23.8 Å². The van der Waals surface area contributed by atoms with Crippen molar-refractivity contribution in [1.82, 2.24) is 14.7 Å². The fourth-order valence-corrected chi connectivity index (χ4v) is 5.44. The van der Waals surface area contributed by atoms with Crippen LogP contribution >= 0.6 is 24.0 Å². The largest absolute Gasteiger partial charge is 0.489 e. The number of para-hydroxylation sites is 1. The van der Waals surface area contributed by atoms with Crippen molar-refractivity contribution in [1.29, 1.82) is 0 Å². The summed E-state index contributed by atoms with van der Waals surface area (Å²) in [6.45, 7) is 0.354. The van der Waals surface area contributed by atoms with Crippen LogP contribution in [-0.2, 0) is 16.2 Å². The second-order valence-electron chi connectivity index (χ2n) is 8.95. The van der Waals surface area contributed by atoms with E-state index in [2.05, 4.69) is 0 Å². The van der Waals surface area contributed by atoms with E-state index in [1.165, 1.54) is 22.7 Å². The van der Waals surface area contributed by atoms with Crippen LogP contribution in [0.3, 0.4) is 0 Å². The standard InChI is InChI=1S/C30H24FN3O4S2/c31-25-10-5-4-7-21(25)19-38-24-14-12-20(13-15-24)28-22(18-34(32-28)23-8-2-1-3-9-23)17-26-29(37)33(30(39)40-26)16-6-11-27(35)36/h1-5,7-10,12-15,17-18H,6,11,16,19H2,(H,35,36)/b26-17-. The van der Waals surface area contributed by atoms with E-state index >= 15 is 0 Å². The lowest BCUT2D eigenvalue weighted by Gasteiger charge is -2.13. The fraction of sp³-hybridized carbons (Fsp3) is 0.133. The summed E-state index contributed by atoms with van der Waals surface area (Å²) < 4.78 is 21.9. The number of ether oxygens (including phenoxy) is 1. The zero-order valence-corrected chi connectivity index (χ0v) is 22.8. The summed E-state index contributed by atoms with van der Waals surface area (Å²) in [4.78, 5) is 25.9. The molecule has 1 amide bonds. The van der Waals surface area contributed by atoms with E-state index in [-0.39, 0.29) is 31.3 Å². The highest BCUT2D eigenvalue weighted by molar-refractivity contribution is 8.26. The zero-order chi connectivity index (χ0) is 28.1. The maximum Gasteiger partial charge on any atom is 0.303 e. The van der Waals surface area contributed by atoms with E-state index in [1.54, 1.807) is 41.1 Å². The highest BCUT2D eigenvalue weighted by atomic mass is 32.2. The van der Waals surface area contributed by atoms with Crippen molar-refractivity contribution in [2.45, 2.75) is 19.4 Å². The minimum absolute atomic E-state index is 0.0376. The van der Waals surface area contributed by atoms with Gasteiger partial charge in [0.2, 0.25) is 0 Å². The second-order valence-corrected chi connectivity index (χ2v) is 10.6. The van der Waals surface area contributed by atoms with Gasteiger partial charge in [-0.15, -0.1) is 0 Å². The molecule has 1 aromatic heterocycles. The Kier molecular flexibility index (Phi) is 8.37. The Morgan fingerprint density at radius 1 is 1.05 bits per heavy atom. The minimum Gasteiger partial charge on any atom is -0.489 e. The Morgan fingerprint density at radius 2 is 1.77 bits per heavy atom. The Bertz CT molecular complexity index is 1590. The van der Waals surface area contributed by atoms with E-state index in [9.17, 15) is 14.0 Å². The molecule has 40 heavy (non-hydrogen) atoms. The van der Waals surface area contributed by atoms with Crippen LogP contribution in [0.2, 0.25) is 0 Å². The van der Waals surface area contributed by atoms with Crippen molar-refractivity contribution in [3.05, 3.63) is 107 Å². The van der Waals surface area contributed by atoms with Crippen LogP contribution in [-0.4, -0.2) is 42.5 Å². The van der Waals surface area contributed by atoms with Gasteiger partial charge in [0, 0.05) is 35.9 Å². The third-order valence-electron chi connectivity index (χ3n) is 6.18. The molecular formula is C30H24FN3O4S2. The zero-order valence-electron chi connectivity index (χ0n) is 21.2. The van der Waals surface area contributed by atoms with Crippen molar-refractivity contribution >= 4 is 46.3 Å². The lowest BCUT2D eigenvalue weighted by molar-refractivity contribution is -0.137. The molecule has 5 rings (SSSR count). The number of nitrogens with zero attached hydrogens (tertiary/aromatic N) is 3. The summed E-state index contributed by atoms with van der Waals surface area (Å²) in [7, 11) is 0. The SMILES string of the molecule is O=C(O)CCCN1C(=O)/C(=C/c2cn(-c3ccccc3)nc2-c2ccc(OCc3ccccc3F)cc2)SC1=S. The molecule has 0 bridgehead atoms. The molecule has 1 aliphatic heterocycles. The third kappa shape index (κ3) is 6.30. The summed E-state index contributed by atoms with van der Waals surface area (Å²) in [6, 6.07) is 23.4. The predicted molar refractivity (Wildman–Crippen MR) is 156 cm³/mol. The van der Waals surface area contributed by atoms with Gasteiger partial charge in [0.15, 0.2) is 0 Å². The monoisotopic (exact) mass is 573 g/mol. The normalized spacial score (nSPS) is 14.2. The Labute approximate surface area is 239 Å². The lowest BCUT2D eigenvalue weighted by Crippen LogP contribution is -2.29. The number of thiocarbonyl (C=S) groups is 1. The number of hydrogen-bond donors (Lipinski definition) is 1. The number of hydrogen-bond acceptors (Lipinski definition) is 6. The number of halogens is 1. The maximum atomic E-state index is 13.9. The van der Waals surface area contributed by atoms with Gasteiger partial charge in [0.25, 0.3) is 5.91 Å². The van der Waals surface area contributed by atoms with Crippen molar-refractivity contribution in [3.63, 3.8) is 0 Å². The molecular weight excluding hydrogens is 549 g/mol. The molecule has 1 saturated heterocycles. The van der Waals surface area contributed by atoms with Gasteiger partial charge in [-0.2, -0.15) is 5.10 Å². The van der Waals surface area contributed by atoms with Crippen LogP contribution < -0.4 is 4.74 Å². The van der Waals surface area contributed by atoms with Crippen molar-refractivity contribution in [3.8, 4) is 22.7 Å². The number of carbonyl (C=O) groups is 2. The second kappa shape index (κ2) is 12.3. The number of aliphatic carboxylic acids is 1. The number of carboxylic acid groups (broad SMARTS) is 1. The molecule has 7 nitrogen and oxygen atoms in total. The molecule has 0 unspecified atom stereocenters. The highest BCUT2D eigenvalue weighted by Gasteiger charge is 2.32.